The number of quaternary nitrogens is 1. The minimum absolute atomic E-state index is 0.835. The molecule has 0 aliphatic rings. The molecule has 0 unspecified atom stereocenters. The van der Waals surface area contributed by atoms with E-state index in [0.717, 1.165) is 5.88 Å². The van der Waals surface area contributed by atoms with Crippen molar-refractivity contribution in [2.45, 2.75) is 239 Å². The number of alkyl halides is 1. The molecule has 0 rings (SSSR count). The quantitative estimate of drug-likeness (QED) is 0.0356. The number of hydrogen-bond acceptors (Lipinski definition) is 0. The Morgan fingerprint density at radius 1 is 0.250 bits per heavy atom. The number of nitrogens with zero attached hydrogens (tertiary/aromatic N) is 1. The van der Waals surface area contributed by atoms with Crippen LogP contribution in [0, 0.1) is 0 Å². The van der Waals surface area contributed by atoms with Gasteiger partial charge in [0, 0.05) is 0 Å². The molecule has 0 bridgehead atoms. The second-order valence-corrected chi connectivity index (χ2v) is 15.3. The van der Waals surface area contributed by atoms with Crippen LogP contribution in [0.25, 0.3) is 0 Å². The summed E-state index contributed by atoms with van der Waals surface area (Å²) in [5.74, 6) is 0.835. The SMILES string of the molecule is CCCCCCCCCCCCCCCCCC[N+](CCCl)(CCCC)CCCCCCCCCCCCCCCCCC. The lowest BCUT2D eigenvalue weighted by Gasteiger charge is -2.39. The van der Waals surface area contributed by atoms with Gasteiger partial charge in [0.25, 0.3) is 0 Å². The average molecular weight is 642 g/mol. The summed E-state index contributed by atoms with van der Waals surface area (Å²) >= 11 is 6.40. The second-order valence-electron chi connectivity index (χ2n) is 14.9. The fourth-order valence-electron chi connectivity index (χ4n) is 7.33. The first-order valence-electron chi connectivity index (χ1n) is 21.2. The number of hydrogen-bond donors (Lipinski definition) is 0. The van der Waals surface area contributed by atoms with E-state index >= 15 is 0 Å². The smallest absolute Gasteiger partial charge is 0.0924 e. The minimum Gasteiger partial charge on any atom is -0.323 e. The third kappa shape index (κ3) is 32.2. The van der Waals surface area contributed by atoms with Gasteiger partial charge in [-0.25, -0.2) is 0 Å². The highest BCUT2D eigenvalue weighted by molar-refractivity contribution is 6.17. The first-order chi connectivity index (χ1) is 21.7. The Labute approximate surface area is 286 Å². The first kappa shape index (κ1) is 44.2. The maximum atomic E-state index is 6.40. The molecule has 0 aliphatic heterocycles. The van der Waals surface area contributed by atoms with Gasteiger partial charge in [0.15, 0.2) is 0 Å². The van der Waals surface area contributed by atoms with Crippen molar-refractivity contribution in [1.29, 1.82) is 0 Å². The first-order valence-corrected chi connectivity index (χ1v) is 21.7. The van der Waals surface area contributed by atoms with Crippen LogP contribution < -0.4 is 0 Å². The van der Waals surface area contributed by atoms with Crippen LogP contribution in [0.15, 0.2) is 0 Å². The molecular weight excluding hydrogens is 554 g/mol. The van der Waals surface area contributed by atoms with Gasteiger partial charge in [-0.2, -0.15) is 0 Å². The lowest BCUT2D eigenvalue weighted by Crippen LogP contribution is -2.51. The van der Waals surface area contributed by atoms with Crippen molar-refractivity contribution in [2.75, 3.05) is 32.1 Å². The Balaban J connectivity index is 3.82. The molecule has 1 nitrogen and oxygen atoms in total. The topological polar surface area (TPSA) is 0 Å². The highest BCUT2D eigenvalue weighted by Gasteiger charge is 2.25. The van der Waals surface area contributed by atoms with Crippen molar-refractivity contribution in [3.8, 4) is 0 Å². The summed E-state index contributed by atoms with van der Waals surface area (Å²) in [5.41, 5.74) is 0. The van der Waals surface area contributed by atoms with Crippen LogP contribution in [0.2, 0.25) is 0 Å². The number of rotatable bonds is 39. The van der Waals surface area contributed by atoms with Crippen molar-refractivity contribution in [3.05, 3.63) is 0 Å². The summed E-state index contributed by atoms with van der Waals surface area (Å²) < 4.78 is 1.31. The highest BCUT2D eigenvalue weighted by Crippen LogP contribution is 2.19. The Kier molecular flexibility index (Phi) is 37.9. The van der Waals surface area contributed by atoms with E-state index in [2.05, 4.69) is 20.8 Å². The molecule has 0 heterocycles. The lowest BCUT2D eigenvalue weighted by molar-refractivity contribution is -0.926. The van der Waals surface area contributed by atoms with Gasteiger partial charge in [-0.05, 0) is 32.1 Å². The van der Waals surface area contributed by atoms with E-state index in [9.17, 15) is 0 Å². The predicted molar refractivity (Wildman–Crippen MR) is 204 cm³/mol. The van der Waals surface area contributed by atoms with E-state index in [0.29, 0.717) is 0 Å². The lowest BCUT2D eigenvalue weighted by atomic mass is 10.0. The fraction of sp³-hybridized carbons (Fsp3) is 1.00. The van der Waals surface area contributed by atoms with Gasteiger partial charge in [0.05, 0.1) is 32.1 Å². The number of halogens is 1. The highest BCUT2D eigenvalue weighted by atomic mass is 35.5. The van der Waals surface area contributed by atoms with Crippen molar-refractivity contribution < 1.29 is 4.48 Å². The molecule has 0 fully saturated rings. The molecule has 0 radical (unpaired) electrons. The van der Waals surface area contributed by atoms with Crippen molar-refractivity contribution in [2.24, 2.45) is 0 Å². The zero-order valence-corrected chi connectivity index (χ0v) is 32.2. The zero-order valence-electron chi connectivity index (χ0n) is 31.4. The molecule has 0 aromatic carbocycles. The fourth-order valence-corrected chi connectivity index (χ4v) is 7.69. The van der Waals surface area contributed by atoms with Crippen molar-refractivity contribution in [3.63, 3.8) is 0 Å². The van der Waals surface area contributed by atoms with Gasteiger partial charge in [0.2, 0.25) is 0 Å². The zero-order chi connectivity index (χ0) is 32.1. The summed E-state index contributed by atoms with van der Waals surface area (Å²) in [6, 6.07) is 0. The minimum atomic E-state index is 0.835. The van der Waals surface area contributed by atoms with Crippen LogP contribution >= 0.6 is 11.6 Å². The third-order valence-electron chi connectivity index (χ3n) is 10.5. The van der Waals surface area contributed by atoms with Gasteiger partial charge in [-0.3, -0.25) is 0 Å². The Morgan fingerprint density at radius 2 is 0.455 bits per heavy atom. The summed E-state index contributed by atoms with van der Waals surface area (Å²) in [5, 5.41) is 0. The van der Waals surface area contributed by atoms with Crippen LogP contribution in [-0.2, 0) is 0 Å². The van der Waals surface area contributed by atoms with E-state index in [1.165, 1.54) is 249 Å². The Morgan fingerprint density at radius 3 is 0.682 bits per heavy atom. The van der Waals surface area contributed by atoms with Crippen LogP contribution in [-0.4, -0.2) is 36.5 Å². The number of unbranched alkanes of at least 4 members (excludes halogenated alkanes) is 31. The largest absolute Gasteiger partial charge is 0.323 e. The standard InChI is InChI=1S/C42H87ClN/c1-4-7-10-12-14-16-18-20-22-24-26-28-30-32-34-36-40-44(42-38-43,39-9-6-3)41-37-35-33-31-29-27-25-23-21-19-17-15-13-11-8-5-2/h4-42H2,1-3H3/q+1. The molecule has 0 aromatic heterocycles. The summed E-state index contributed by atoms with van der Waals surface area (Å²) in [6.45, 7) is 12.3. The third-order valence-corrected chi connectivity index (χ3v) is 10.7. The van der Waals surface area contributed by atoms with Gasteiger partial charge in [-0.1, -0.05) is 207 Å². The molecular formula is C42H87ClN+. The van der Waals surface area contributed by atoms with Gasteiger partial charge >= 0.3 is 0 Å². The van der Waals surface area contributed by atoms with Crippen LogP contribution in [0.3, 0.4) is 0 Å². The van der Waals surface area contributed by atoms with Crippen molar-refractivity contribution >= 4 is 11.6 Å². The van der Waals surface area contributed by atoms with E-state index in [1.54, 1.807) is 0 Å². The predicted octanol–water partition coefficient (Wildman–Crippen LogP) is 15.4. The van der Waals surface area contributed by atoms with E-state index in [1.807, 2.05) is 0 Å². The van der Waals surface area contributed by atoms with Gasteiger partial charge in [0.1, 0.15) is 0 Å². The summed E-state index contributed by atoms with van der Waals surface area (Å²) in [4.78, 5) is 0. The van der Waals surface area contributed by atoms with Gasteiger partial charge < -0.3 is 4.48 Å². The molecule has 0 atom stereocenters. The van der Waals surface area contributed by atoms with E-state index in [4.69, 9.17) is 11.6 Å². The molecule has 2 heteroatoms. The molecule has 0 spiro atoms. The van der Waals surface area contributed by atoms with E-state index in [-0.39, 0.29) is 0 Å². The second kappa shape index (κ2) is 37.7. The van der Waals surface area contributed by atoms with Crippen LogP contribution in [0.4, 0.5) is 0 Å². The maximum Gasteiger partial charge on any atom is 0.0924 e. The Hall–Kier alpha value is 0.250. The summed E-state index contributed by atoms with van der Waals surface area (Å²) in [6.07, 6.45) is 49.3. The summed E-state index contributed by atoms with van der Waals surface area (Å²) in [7, 11) is 0. The van der Waals surface area contributed by atoms with E-state index < -0.39 is 0 Å². The van der Waals surface area contributed by atoms with Gasteiger partial charge in [-0.15, -0.1) is 11.6 Å². The average Bonchev–Trinajstić information content (AvgIpc) is 3.03. The van der Waals surface area contributed by atoms with Crippen LogP contribution in [0.5, 0.6) is 0 Å². The monoisotopic (exact) mass is 641 g/mol. The molecule has 0 N–H and O–H groups in total. The molecule has 0 aromatic rings. The van der Waals surface area contributed by atoms with Crippen LogP contribution in [0.1, 0.15) is 239 Å². The maximum absolute atomic E-state index is 6.40. The molecule has 266 valence electrons. The molecule has 0 aliphatic carbocycles. The molecule has 0 amide bonds. The normalized spacial score (nSPS) is 12.0. The molecule has 0 saturated heterocycles. The van der Waals surface area contributed by atoms with Crippen molar-refractivity contribution in [1.82, 2.24) is 0 Å². The molecule has 0 saturated carbocycles. The molecule has 44 heavy (non-hydrogen) atoms. The Bertz CT molecular complexity index is 470.